The maximum Gasteiger partial charge on any atom is 0.325 e. The summed E-state index contributed by atoms with van der Waals surface area (Å²) < 4.78 is 10.7. The molecular formula is C25H21N3O5. The number of ether oxygens (including phenoxy) is 2. The van der Waals surface area contributed by atoms with Crippen molar-refractivity contribution >= 4 is 23.5 Å². The minimum absolute atomic E-state index is 0.106. The molecule has 3 aromatic carbocycles. The summed E-state index contributed by atoms with van der Waals surface area (Å²) in [6.45, 7) is 1.31. The number of nitrogens with one attached hydrogen (secondary N) is 2. The second-order valence-corrected chi connectivity index (χ2v) is 8.01. The van der Waals surface area contributed by atoms with Crippen molar-refractivity contribution in [3.05, 3.63) is 78.4 Å². The van der Waals surface area contributed by atoms with Crippen molar-refractivity contribution in [3.63, 3.8) is 0 Å². The Kier molecular flexibility index (Phi) is 4.97. The van der Waals surface area contributed by atoms with E-state index in [9.17, 15) is 14.4 Å². The predicted octanol–water partition coefficient (Wildman–Crippen LogP) is 3.49. The van der Waals surface area contributed by atoms with Crippen molar-refractivity contribution in [2.45, 2.75) is 12.5 Å². The van der Waals surface area contributed by atoms with Crippen LogP contribution >= 0.6 is 0 Å². The Morgan fingerprint density at radius 2 is 1.67 bits per heavy atom. The van der Waals surface area contributed by atoms with E-state index in [1.54, 1.807) is 37.3 Å². The van der Waals surface area contributed by atoms with E-state index >= 15 is 0 Å². The van der Waals surface area contributed by atoms with Crippen LogP contribution in [0.2, 0.25) is 0 Å². The van der Waals surface area contributed by atoms with Crippen LogP contribution in [0.3, 0.4) is 0 Å². The highest BCUT2D eigenvalue weighted by atomic mass is 16.7. The van der Waals surface area contributed by atoms with E-state index in [4.69, 9.17) is 9.47 Å². The van der Waals surface area contributed by atoms with Gasteiger partial charge >= 0.3 is 6.03 Å². The first-order chi connectivity index (χ1) is 15.9. The lowest BCUT2D eigenvalue weighted by atomic mass is 9.91. The molecule has 5 rings (SSSR count). The van der Waals surface area contributed by atoms with Crippen LogP contribution in [0.4, 0.5) is 10.5 Å². The summed E-state index contributed by atoms with van der Waals surface area (Å²) >= 11 is 0. The fourth-order valence-corrected chi connectivity index (χ4v) is 3.96. The Bertz CT molecular complexity index is 1240. The van der Waals surface area contributed by atoms with Gasteiger partial charge in [-0.15, -0.1) is 0 Å². The molecule has 0 bridgehead atoms. The summed E-state index contributed by atoms with van der Waals surface area (Å²) in [6.07, 6.45) is 0. The van der Waals surface area contributed by atoms with Gasteiger partial charge in [-0.1, -0.05) is 48.5 Å². The molecule has 0 spiro atoms. The van der Waals surface area contributed by atoms with Crippen molar-refractivity contribution in [1.29, 1.82) is 0 Å². The first-order valence-electron chi connectivity index (χ1n) is 10.4. The second-order valence-electron chi connectivity index (χ2n) is 8.01. The van der Waals surface area contributed by atoms with E-state index in [1.165, 1.54) is 0 Å². The van der Waals surface area contributed by atoms with E-state index in [2.05, 4.69) is 10.6 Å². The van der Waals surface area contributed by atoms with Crippen molar-refractivity contribution in [3.8, 4) is 22.6 Å². The van der Waals surface area contributed by atoms with Gasteiger partial charge in [0.1, 0.15) is 12.1 Å². The van der Waals surface area contributed by atoms with Crippen LogP contribution in [0.5, 0.6) is 11.5 Å². The van der Waals surface area contributed by atoms with E-state index in [-0.39, 0.29) is 6.79 Å². The van der Waals surface area contributed by atoms with Gasteiger partial charge in [-0.25, -0.2) is 4.79 Å². The third-order valence-corrected chi connectivity index (χ3v) is 5.80. The van der Waals surface area contributed by atoms with E-state index in [0.29, 0.717) is 22.7 Å². The summed E-state index contributed by atoms with van der Waals surface area (Å²) in [7, 11) is 0. The lowest BCUT2D eigenvalue weighted by Gasteiger charge is -2.22. The number of hydrogen-bond donors (Lipinski definition) is 2. The number of rotatable bonds is 5. The zero-order valence-electron chi connectivity index (χ0n) is 17.8. The molecule has 2 aliphatic rings. The molecule has 166 valence electrons. The molecule has 8 nitrogen and oxygen atoms in total. The average Bonchev–Trinajstić information content (AvgIpc) is 3.38. The van der Waals surface area contributed by atoms with Crippen LogP contribution in [-0.4, -0.2) is 36.1 Å². The molecule has 0 aliphatic carbocycles. The molecule has 0 saturated carbocycles. The van der Waals surface area contributed by atoms with Gasteiger partial charge in [0.05, 0.1) is 0 Å². The third-order valence-electron chi connectivity index (χ3n) is 5.80. The highest BCUT2D eigenvalue weighted by molar-refractivity contribution is 6.10. The molecule has 1 atom stereocenters. The number of anilines is 1. The number of nitrogens with zero attached hydrogens (tertiary/aromatic N) is 1. The van der Waals surface area contributed by atoms with Crippen LogP contribution in [0, 0.1) is 0 Å². The van der Waals surface area contributed by atoms with E-state index < -0.39 is 29.9 Å². The smallest absolute Gasteiger partial charge is 0.325 e. The van der Waals surface area contributed by atoms with Crippen LogP contribution in [-0.2, 0) is 15.1 Å². The number of hydrogen-bond acceptors (Lipinski definition) is 5. The molecular weight excluding hydrogens is 422 g/mol. The van der Waals surface area contributed by atoms with E-state index in [1.807, 2.05) is 42.5 Å². The predicted molar refractivity (Wildman–Crippen MR) is 121 cm³/mol. The molecule has 33 heavy (non-hydrogen) atoms. The molecule has 0 aromatic heterocycles. The maximum absolute atomic E-state index is 13.1. The van der Waals surface area contributed by atoms with Gasteiger partial charge in [0.25, 0.3) is 5.91 Å². The molecule has 2 aliphatic heterocycles. The first-order valence-corrected chi connectivity index (χ1v) is 10.4. The molecule has 4 amide bonds. The lowest BCUT2D eigenvalue weighted by molar-refractivity contribution is -0.133. The Morgan fingerprint density at radius 1 is 0.970 bits per heavy atom. The number of amides is 4. The molecule has 0 radical (unpaired) electrons. The minimum atomic E-state index is -1.31. The van der Waals surface area contributed by atoms with Crippen molar-refractivity contribution < 1.29 is 23.9 Å². The largest absolute Gasteiger partial charge is 0.454 e. The van der Waals surface area contributed by atoms with Gasteiger partial charge in [0.2, 0.25) is 12.7 Å². The zero-order valence-corrected chi connectivity index (χ0v) is 17.8. The average molecular weight is 443 g/mol. The van der Waals surface area contributed by atoms with Crippen molar-refractivity contribution in [2.24, 2.45) is 0 Å². The Labute approximate surface area is 190 Å². The minimum Gasteiger partial charge on any atom is -0.454 e. The van der Waals surface area contributed by atoms with Crippen LogP contribution < -0.4 is 20.1 Å². The summed E-state index contributed by atoms with van der Waals surface area (Å²) in [4.78, 5) is 39.2. The molecule has 2 N–H and O–H groups in total. The first kappa shape index (κ1) is 20.6. The quantitative estimate of drug-likeness (QED) is 0.589. The molecule has 3 aromatic rings. The van der Waals surface area contributed by atoms with Gasteiger partial charge in [-0.3, -0.25) is 14.5 Å². The lowest BCUT2D eigenvalue weighted by Crippen LogP contribution is -2.42. The summed E-state index contributed by atoms with van der Waals surface area (Å²) in [5, 5.41) is 5.43. The SMILES string of the molecule is CC1(c2ccc3c(c2)OCO3)NC(=O)N(CC(=O)Nc2ccc(-c3ccccc3)cc2)C1=O. The monoisotopic (exact) mass is 443 g/mol. The normalized spacial score (nSPS) is 18.9. The fraction of sp³-hybridized carbons (Fsp3) is 0.160. The number of imide groups is 1. The number of benzene rings is 3. The Balaban J connectivity index is 1.27. The van der Waals surface area contributed by atoms with Gasteiger partial charge in [-0.05, 0) is 47.9 Å². The second kappa shape index (κ2) is 7.98. The van der Waals surface area contributed by atoms with Crippen LogP contribution in [0.25, 0.3) is 11.1 Å². The van der Waals surface area contributed by atoms with Crippen LogP contribution in [0.15, 0.2) is 72.8 Å². The van der Waals surface area contributed by atoms with Gasteiger partial charge in [0, 0.05) is 5.69 Å². The number of carbonyl (C=O) groups is 3. The standard InChI is InChI=1S/C25H21N3O5/c1-25(18-9-12-20-21(13-18)33-15-32-20)23(30)28(24(31)27-25)14-22(29)26-19-10-7-17(8-11-19)16-5-3-2-4-6-16/h2-13H,14-15H2,1H3,(H,26,29)(H,27,31). The molecule has 1 fully saturated rings. The molecule has 2 heterocycles. The molecule has 1 saturated heterocycles. The maximum atomic E-state index is 13.1. The highest BCUT2D eigenvalue weighted by Crippen LogP contribution is 2.37. The Hall–Kier alpha value is -4.33. The summed E-state index contributed by atoms with van der Waals surface area (Å²) in [6, 6.07) is 21.7. The van der Waals surface area contributed by atoms with Crippen molar-refractivity contribution in [1.82, 2.24) is 10.2 Å². The fourth-order valence-electron chi connectivity index (χ4n) is 3.96. The molecule has 1 unspecified atom stereocenters. The topological polar surface area (TPSA) is 97.0 Å². The number of urea groups is 1. The van der Waals surface area contributed by atoms with Gasteiger partial charge < -0.3 is 20.1 Å². The molecule has 8 heteroatoms. The number of carbonyl (C=O) groups excluding carboxylic acids is 3. The third kappa shape index (κ3) is 3.76. The van der Waals surface area contributed by atoms with Crippen LogP contribution in [0.1, 0.15) is 12.5 Å². The summed E-state index contributed by atoms with van der Waals surface area (Å²) in [5.41, 5.74) is 1.89. The van der Waals surface area contributed by atoms with Gasteiger partial charge in [0.15, 0.2) is 11.5 Å². The zero-order chi connectivity index (χ0) is 23.0. The van der Waals surface area contributed by atoms with E-state index in [0.717, 1.165) is 16.0 Å². The van der Waals surface area contributed by atoms with Gasteiger partial charge in [-0.2, -0.15) is 0 Å². The Morgan fingerprint density at radius 3 is 2.42 bits per heavy atom. The number of fused-ring (bicyclic) bond motifs is 1. The van der Waals surface area contributed by atoms with Crippen molar-refractivity contribution in [2.75, 3.05) is 18.7 Å². The summed E-state index contributed by atoms with van der Waals surface area (Å²) in [5.74, 6) is 0.0985. The highest BCUT2D eigenvalue weighted by Gasteiger charge is 2.49.